The highest BCUT2D eigenvalue weighted by Gasteiger charge is 2.22. The van der Waals surface area contributed by atoms with E-state index in [4.69, 9.17) is 5.10 Å². The minimum atomic E-state index is 0.0524. The highest BCUT2D eigenvalue weighted by atomic mass is 16.1. The summed E-state index contributed by atoms with van der Waals surface area (Å²) in [5.74, 6) is 0. The predicted octanol–water partition coefficient (Wildman–Crippen LogP) is 3.31. The molecule has 2 N–H and O–H groups in total. The maximum atomic E-state index is 12.5. The van der Waals surface area contributed by atoms with E-state index in [1.54, 1.807) is 4.68 Å². The zero-order valence-electron chi connectivity index (χ0n) is 15.7. The molecular weight excluding hydrogens is 324 g/mol. The molecule has 1 aliphatic carbocycles. The normalized spacial score (nSPS) is 14.2. The quantitative estimate of drug-likeness (QED) is 0.759. The number of nitrogens with one attached hydrogen (secondary N) is 2. The number of fused-ring (bicyclic) bond motifs is 3. The summed E-state index contributed by atoms with van der Waals surface area (Å²) < 4.78 is 1.81. The highest BCUT2D eigenvalue weighted by molar-refractivity contribution is 5.94. The third kappa shape index (κ3) is 2.97. The van der Waals surface area contributed by atoms with Crippen LogP contribution in [0, 0.1) is 0 Å². The van der Waals surface area contributed by atoms with E-state index in [1.165, 1.54) is 11.1 Å². The molecule has 0 amide bonds. The Balaban J connectivity index is 1.87. The van der Waals surface area contributed by atoms with E-state index in [1.807, 2.05) is 7.05 Å². The number of hydrogen-bond acceptors (Lipinski definition) is 3. The first-order valence-electron chi connectivity index (χ1n) is 9.48. The van der Waals surface area contributed by atoms with Crippen molar-refractivity contribution in [3.8, 4) is 11.3 Å². The summed E-state index contributed by atoms with van der Waals surface area (Å²) >= 11 is 0. The molecule has 0 saturated carbocycles. The molecule has 0 atom stereocenters. The fourth-order valence-corrected chi connectivity index (χ4v) is 3.92. The Morgan fingerprint density at radius 2 is 2.00 bits per heavy atom. The van der Waals surface area contributed by atoms with E-state index in [9.17, 15) is 4.79 Å². The van der Waals surface area contributed by atoms with Crippen LogP contribution in [-0.2, 0) is 26.4 Å². The molecule has 136 valence electrons. The Morgan fingerprint density at radius 3 is 2.77 bits per heavy atom. The number of pyridine rings is 1. The minimum absolute atomic E-state index is 0.0524. The van der Waals surface area contributed by atoms with Crippen molar-refractivity contribution in [2.75, 3.05) is 0 Å². The van der Waals surface area contributed by atoms with Gasteiger partial charge in [-0.25, -0.2) is 0 Å². The number of H-pyrrole nitrogens is 1. The summed E-state index contributed by atoms with van der Waals surface area (Å²) in [7, 11) is 1.90. The van der Waals surface area contributed by atoms with Gasteiger partial charge in [0, 0.05) is 36.1 Å². The van der Waals surface area contributed by atoms with E-state index in [0.717, 1.165) is 60.1 Å². The van der Waals surface area contributed by atoms with Crippen LogP contribution in [0.15, 0.2) is 29.1 Å². The van der Waals surface area contributed by atoms with Crippen molar-refractivity contribution in [2.24, 2.45) is 7.05 Å². The van der Waals surface area contributed by atoms with Gasteiger partial charge in [-0.2, -0.15) is 5.10 Å². The van der Waals surface area contributed by atoms with Crippen molar-refractivity contribution in [2.45, 2.75) is 52.1 Å². The maximum absolute atomic E-state index is 12.5. The molecule has 26 heavy (non-hydrogen) atoms. The van der Waals surface area contributed by atoms with Gasteiger partial charge >= 0.3 is 0 Å². The van der Waals surface area contributed by atoms with Gasteiger partial charge in [-0.1, -0.05) is 32.0 Å². The molecule has 0 spiro atoms. The van der Waals surface area contributed by atoms with Gasteiger partial charge in [0.25, 0.3) is 5.56 Å². The Bertz CT molecular complexity index is 1010. The molecule has 5 nitrogen and oxygen atoms in total. The van der Waals surface area contributed by atoms with E-state index in [0.29, 0.717) is 6.04 Å². The molecular formula is C21H26N4O. The van der Waals surface area contributed by atoms with Gasteiger partial charge in [0.15, 0.2) is 0 Å². The topological polar surface area (TPSA) is 62.7 Å². The van der Waals surface area contributed by atoms with Gasteiger partial charge in [-0.3, -0.25) is 9.48 Å². The van der Waals surface area contributed by atoms with Crippen molar-refractivity contribution in [1.29, 1.82) is 0 Å². The summed E-state index contributed by atoms with van der Waals surface area (Å²) in [4.78, 5) is 15.5. The predicted molar refractivity (Wildman–Crippen MR) is 105 cm³/mol. The molecule has 0 aliphatic heterocycles. The van der Waals surface area contributed by atoms with Crippen LogP contribution in [0.2, 0.25) is 0 Å². The van der Waals surface area contributed by atoms with E-state index in [2.05, 4.69) is 48.4 Å². The van der Waals surface area contributed by atoms with Crippen molar-refractivity contribution < 1.29 is 0 Å². The summed E-state index contributed by atoms with van der Waals surface area (Å²) in [5.41, 5.74) is 6.36. The lowest BCUT2D eigenvalue weighted by atomic mass is 9.89. The van der Waals surface area contributed by atoms with Crippen molar-refractivity contribution >= 4 is 11.0 Å². The second-order valence-electron chi connectivity index (χ2n) is 7.55. The van der Waals surface area contributed by atoms with Crippen molar-refractivity contribution in [3.63, 3.8) is 0 Å². The minimum Gasteiger partial charge on any atom is -0.310 e. The Hall–Kier alpha value is -2.40. The third-order valence-corrected chi connectivity index (χ3v) is 5.24. The lowest BCUT2D eigenvalue weighted by Gasteiger charge is -2.16. The molecule has 0 saturated heterocycles. The fourth-order valence-electron chi connectivity index (χ4n) is 3.92. The standard InChI is InChI=1S/C21H26N4O/c1-13(2)22-12-14-7-6-8-15(11-14)19-18-16-9-4-5-10-17(16)21(26)23-20(18)25(3)24-19/h6-8,11,13,22H,4-5,9-10,12H2,1-3H3,(H,23,26). The molecule has 0 unspecified atom stereocenters. The molecule has 5 heteroatoms. The lowest BCUT2D eigenvalue weighted by molar-refractivity contribution is 0.589. The molecule has 2 aromatic heterocycles. The summed E-state index contributed by atoms with van der Waals surface area (Å²) in [6.45, 7) is 5.14. The maximum Gasteiger partial charge on any atom is 0.253 e. The zero-order valence-corrected chi connectivity index (χ0v) is 15.7. The smallest absolute Gasteiger partial charge is 0.253 e. The van der Waals surface area contributed by atoms with Gasteiger partial charge in [-0.05, 0) is 42.9 Å². The largest absolute Gasteiger partial charge is 0.310 e. The zero-order chi connectivity index (χ0) is 18.3. The second kappa shape index (κ2) is 6.72. The summed E-state index contributed by atoms with van der Waals surface area (Å²) in [6, 6.07) is 9.00. The number of rotatable bonds is 4. The number of aromatic amines is 1. The van der Waals surface area contributed by atoms with E-state index >= 15 is 0 Å². The average molecular weight is 350 g/mol. The average Bonchev–Trinajstić information content (AvgIpc) is 2.97. The molecule has 4 rings (SSSR count). The van der Waals surface area contributed by atoms with Gasteiger partial charge in [0.1, 0.15) is 11.3 Å². The van der Waals surface area contributed by atoms with Crippen LogP contribution in [0.4, 0.5) is 0 Å². The monoisotopic (exact) mass is 350 g/mol. The third-order valence-electron chi connectivity index (χ3n) is 5.24. The number of nitrogens with zero attached hydrogens (tertiary/aromatic N) is 2. The molecule has 0 radical (unpaired) electrons. The van der Waals surface area contributed by atoms with Gasteiger partial charge < -0.3 is 10.3 Å². The lowest BCUT2D eigenvalue weighted by Crippen LogP contribution is -2.21. The summed E-state index contributed by atoms with van der Waals surface area (Å²) in [5, 5.41) is 9.36. The van der Waals surface area contributed by atoms with Crippen LogP contribution in [0.25, 0.3) is 22.3 Å². The number of hydrogen-bond donors (Lipinski definition) is 2. The number of aromatic nitrogens is 3. The number of aryl methyl sites for hydroxylation is 2. The van der Waals surface area contributed by atoms with Gasteiger partial charge in [0.2, 0.25) is 0 Å². The fraction of sp³-hybridized carbons (Fsp3) is 0.429. The molecule has 3 aromatic rings. The van der Waals surface area contributed by atoms with Crippen LogP contribution in [0.3, 0.4) is 0 Å². The Morgan fingerprint density at radius 1 is 1.23 bits per heavy atom. The van der Waals surface area contributed by atoms with Crippen LogP contribution in [0.5, 0.6) is 0 Å². The molecule has 0 fully saturated rings. The SMILES string of the molecule is CC(C)NCc1cccc(-c2nn(C)c3[nH]c(=O)c4c(c23)CCCC4)c1. The first kappa shape index (κ1) is 17.0. The van der Waals surface area contributed by atoms with E-state index in [-0.39, 0.29) is 5.56 Å². The van der Waals surface area contributed by atoms with Gasteiger partial charge in [0.05, 0.1) is 0 Å². The highest BCUT2D eigenvalue weighted by Crippen LogP contribution is 2.33. The first-order chi connectivity index (χ1) is 12.5. The number of benzene rings is 1. The van der Waals surface area contributed by atoms with E-state index < -0.39 is 0 Å². The van der Waals surface area contributed by atoms with Crippen molar-refractivity contribution in [1.82, 2.24) is 20.1 Å². The molecule has 1 aliphatic rings. The van der Waals surface area contributed by atoms with Gasteiger partial charge in [-0.15, -0.1) is 0 Å². The van der Waals surface area contributed by atoms with Crippen molar-refractivity contribution in [3.05, 3.63) is 51.3 Å². The first-order valence-corrected chi connectivity index (χ1v) is 9.48. The van der Waals surface area contributed by atoms with Crippen LogP contribution in [0.1, 0.15) is 43.4 Å². The molecule has 2 heterocycles. The second-order valence-corrected chi connectivity index (χ2v) is 7.55. The molecule has 0 bridgehead atoms. The summed E-state index contributed by atoms with van der Waals surface area (Å²) in [6.07, 6.45) is 4.06. The Labute approximate surface area is 153 Å². The van der Waals surface area contributed by atoms with Crippen LogP contribution >= 0.6 is 0 Å². The van der Waals surface area contributed by atoms with Crippen LogP contribution in [-0.4, -0.2) is 20.8 Å². The Kier molecular flexibility index (Phi) is 4.41. The molecule has 1 aromatic carbocycles. The van der Waals surface area contributed by atoms with Crippen LogP contribution < -0.4 is 10.9 Å².